The quantitative estimate of drug-likeness (QED) is 0.372. The summed E-state index contributed by atoms with van der Waals surface area (Å²) in [6, 6.07) is 8.99. The number of anilines is 1. The smallest absolute Gasteiger partial charge is 0.356 e. The Morgan fingerprint density at radius 1 is 0.833 bits per heavy atom. The number of amides is 1. The van der Waals surface area contributed by atoms with Crippen molar-refractivity contribution in [3.8, 4) is 0 Å². The van der Waals surface area contributed by atoms with Crippen molar-refractivity contribution >= 4 is 29.1 Å². The minimum atomic E-state index is -0.463. The second kappa shape index (κ2) is 12.6. The Bertz CT molecular complexity index is 1250. The van der Waals surface area contributed by atoms with E-state index < -0.39 is 5.97 Å². The van der Waals surface area contributed by atoms with Gasteiger partial charge in [0, 0.05) is 45.8 Å². The number of para-hydroxylation sites is 1. The van der Waals surface area contributed by atoms with E-state index in [1.54, 1.807) is 21.0 Å². The summed E-state index contributed by atoms with van der Waals surface area (Å²) in [5.41, 5.74) is 4.30. The Labute approximate surface area is 210 Å². The first-order valence-electron chi connectivity index (χ1n) is 11.7. The van der Waals surface area contributed by atoms with Crippen molar-refractivity contribution in [1.82, 2.24) is 19.6 Å². The molecule has 36 heavy (non-hydrogen) atoms. The second-order valence-corrected chi connectivity index (χ2v) is 8.02. The van der Waals surface area contributed by atoms with Gasteiger partial charge >= 0.3 is 5.97 Å². The summed E-state index contributed by atoms with van der Waals surface area (Å²) in [5, 5.41) is 10.9. The Kier molecular flexibility index (Phi) is 9.83. The van der Waals surface area contributed by atoms with Crippen LogP contribution in [0.15, 0.2) is 30.3 Å². The summed E-state index contributed by atoms with van der Waals surface area (Å²) >= 11 is 0. The first-order chi connectivity index (χ1) is 17.0. The van der Waals surface area contributed by atoms with Gasteiger partial charge in [0.25, 0.3) is 5.91 Å². The number of Topliss-reactive ketones (excluding diaryl/α,β-unsaturated/α-hetero) is 2. The molecule has 0 bridgehead atoms. The predicted molar refractivity (Wildman–Crippen MR) is 136 cm³/mol. The van der Waals surface area contributed by atoms with E-state index in [1.807, 2.05) is 18.2 Å². The van der Waals surface area contributed by atoms with Crippen LogP contribution in [0.3, 0.4) is 0 Å². The summed E-state index contributed by atoms with van der Waals surface area (Å²) in [5.74, 6) is -1.04. The molecule has 2 heterocycles. The lowest BCUT2D eigenvalue weighted by Gasteiger charge is -2.14. The molecule has 0 aliphatic heterocycles. The number of carbonyl (C=O) groups is 4. The average Bonchev–Trinajstić information content (AvgIpc) is 3.43. The van der Waals surface area contributed by atoms with Crippen molar-refractivity contribution in [3.05, 3.63) is 64.2 Å². The molecule has 0 fully saturated rings. The van der Waals surface area contributed by atoms with Crippen molar-refractivity contribution in [2.75, 3.05) is 11.9 Å². The molecule has 0 aliphatic rings. The molecule has 3 aromatic rings. The standard InChI is InChI=1S/C17H21N3O2.C9H12N2O3/c1-5-12-8-7-9-13(6-2)16(12)18-17(22)15-10-14(11(3)21)19-20(15)4;1-4-14-9(13)8-5-7(6(2)12)10-11(8)3/h7-10H,5-6H2,1-4H3,(H,18,22);5H,4H2,1-3H3. The molecule has 1 aromatic carbocycles. The van der Waals surface area contributed by atoms with Crippen LogP contribution in [0.25, 0.3) is 0 Å². The van der Waals surface area contributed by atoms with Crippen LogP contribution < -0.4 is 5.32 Å². The first kappa shape index (κ1) is 28.2. The van der Waals surface area contributed by atoms with Gasteiger partial charge in [-0.25, -0.2) is 4.79 Å². The van der Waals surface area contributed by atoms with Crippen molar-refractivity contribution < 1.29 is 23.9 Å². The number of hydrogen-bond donors (Lipinski definition) is 1. The lowest BCUT2D eigenvalue weighted by Crippen LogP contribution is -2.18. The molecule has 10 nitrogen and oxygen atoms in total. The first-order valence-corrected chi connectivity index (χ1v) is 11.7. The molecule has 0 atom stereocenters. The van der Waals surface area contributed by atoms with Gasteiger partial charge in [0.1, 0.15) is 22.8 Å². The minimum Gasteiger partial charge on any atom is -0.461 e. The SMILES string of the molecule is CCOC(=O)c1cc(C(C)=O)nn1C.CCc1cccc(CC)c1NC(=O)c1cc(C(C)=O)nn1C. The Morgan fingerprint density at radius 2 is 1.31 bits per heavy atom. The lowest BCUT2D eigenvalue weighted by molar-refractivity contribution is 0.0513. The van der Waals surface area contributed by atoms with Crippen molar-refractivity contribution in [3.63, 3.8) is 0 Å². The number of carbonyl (C=O) groups excluding carboxylic acids is 4. The molecule has 0 radical (unpaired) electrons. The summed E-state index contributed by atoms with van der Waals surface area (Å²) in [6.45, 7) is 8.98. The summed E-state index contributed by atoms with van der Waals surface area (Å²) in [6.07, 6.45) is 1.68. The molecule has 0 unspecified atom stereocenters. The third-order valence-electron chi connectivity index (χ3n) is 5.44. The normalized spacial score (nSPS) is 10.3. The van der Waals surface area contributed by atoms with Gasteiger partial charge in [-0.05, 0) is 30.9 Å². The number of nitrogens with zero attached hydrogens (tertiary/aromatic N) is 4. The maximum absolute atomic E-state index is 12.5. The topological polar surface area (TPSA) is 125 Å². The molecule has 3 rings (SSSR count). The molecule has 2 aromatic heterocycles. The van der Waals surface area contributed by atoms with Crippen LogP contribution in [0.5, 0.6) is 0 Å². The highest BCUT2D eigenvalue weighted by Crippen LogP contribution is 2.23. The lowest BCUT2D eigenvalue weighted by atomic mass is 10.0. The molecule has 10 heteroatoms. The van der Waals surface area contributed by atoms with E-state index in [1.165, 1.54) is 35.3 Å². The molecular weight excluding hydrogens is 462 g/mol. The fourth-order valence-corrected chi connectivity index (χ4v) is 3.47. The number of aromatic nitrogens is 4. The molecule has 192 valence electrons. The predicted octanol–water partition coefficient (Wildman–Crippen LogP) is 3.80. The fourth-order valence-electron chi connectivity index (χ4n) is 3.47. The molecule has 0 spiro atoms. The van der Waals surface area contributed by atoms with Gasteiger partial charge in [0.15, 0.2) is 11.6 Å². The van der Waals surface area contributed by atoms with E-state index in [0.717, 1.165) is 29.7 Å². The summed E-state index contributed by atoms with van der Waals surface area (Å²) in [7, 11) is 3.26. The van der Waals surface area contributed by atoms with Crippen LogP contribution in [-0.2, 0) is 31.7 Å². The van der Waals surface area contributed by atoms with Crippen LogP contribution in [-0.4, -0.2) is 49.6 Å². The van der Waals surface area contributed by atoms with E-state index in [2.05, 4.69) is 29.4 Å². The number of ketones is 2. The van der Waals surface area contributed by atoms with E-state index in [9.17, 15) is 19.2 Å². The summed E-state index contributed by atoms with van der Waals surface area (Å²) in [4.78, 5) is 46.2. The van der Waals surface area contributed by atoms with E-state index in [0.29, 0.717) is 18.0 Å². The number of hydrogen-bond acceptors (Lipinski definition) is 7. The van der Waals surface area contributed by atoms with E-state index in [4.69, 9.17) is 4.74 Å². The highest BCUT2D eigenvalue weighted by Gasteiger charge is 2.18. The largest absolute Gasteiger partial charge is 0.461 e. The van der Waals surface area contributed by atoms with Crippen LogP contribution in [0.2, 0.25) is 0 Å². The highest BCUT2D eigenvalue weighted by molar-refractivity contribution is 6.05. The van der Waals surface area contributed by atoms with Gasteiger partial charge in [0.2, 0.25) is 0 Å². The Balaban J connectivity index is 0.000000281. The zero-order chi connectivity index (χ0) is 27.0. The number of esters is 1. The molecule has 0 aliphatic carbocycles. The number of aryl methyl sites for hydroxylation is 4. The van der Waals surface area contributed by atoms with E-state index in [-0.39, 0.29) is 28.9 Å². The Hall–Kier alpha value is -4.08. The van der Waals surface area contributed by atoms with Gasteiger partial charge in [-0.3, -0.25) is 23.7 Å². The fraction of sp³-hybridized carbons (Fsp3) is 0.385. The Morgan fingerprint density at radius 3 is 1.72 bits per heavy atom. The van der Waals surface area contributed by atoms with Crippen molar-refractivity contribution in [1.29, 1.82) is 0 Å². The molecule has 1 amide bonds. The molecular formula is C26H33N5O5. The third-order valence-corrected chi connectivity index (χ3v) is 5.44. The molecule has 1 N–H and O–H groups in total. The minimum absolute atomic E-state index is 0.155. The van der Waals surface area contributed by atoms with Gasteiger partial charge in [-0.2, -0.15) is 10.2 Å². The second-order valence-electron chi connectivity index (χ2n) is 8.02. The number of benzene rings is 1. The molecule has 0 saturated carbocycles. The zero-order valence-electron chi connectivity index (χ0n) is 21.8. The highest BCUT2D eigenvalue weighted by atomic mass is 16.5. The zero-order valence-corrected chi connectivity index (χ0v) is 21.8. The number of rotatable bonds is 8. The van der Waals surface area contributed by atoms with Gasteiger partial charge in [-0.15, -0.1) is 0 Å². The maximum Gasteiger partial charge on any atom is 0.356 e. The third kappa shape index (κ3) is 6.74. The van der Waals surface area contributed by atoms with Crippen LogP contribution in [0, 0.1) is 0 Å². The summed E-state index contributed by atoms with van der Waals surface area (Å²) < 4.78 is 7.57. The van der Waals surface area contributed by atoms with Crippen molar-refractivity contribution in [2.24, 2.45) is 14.1 Å². The van der Waals surface area contributed by atoms with Crippen LogP contribution in [0.1, 0.15) is 87.7 Å². The van der Waals surface area contributed by atoms with Gasteiger partial charge < -0.3 is 10.1 Å². The number of ether oxygens (including phenoxy) is 1. The van der Waals surface area contributed by atoms with Crippen molar-refractivity contribution in [2.45, 2.75) is 47.5 Å². The van der Waals surface area contributed by atoms with Crippen LogP contribution >= 0.6 is 0 Å². The average molecular weight is 496 g/mol. The maximum atomic E-state index is 12.5. The molecule has 0 saturated heterocycles. The monoisotopic (exact) mass is 495 g/mol. The van der Waals surface area contributed by atoms with Gasteiger partial charge in [-0.1, -0.05) is 32.0 Å². The van der Waals surface area contributed by atoms with E-state index >= 15 is 0 Å². The van der Waals surface area contributed by atoms with Crippen LogP contribution in [0.4, 0.5) is 5.69 Å². The number of nitrogens with one attached hydrogen (secondary N) is 1. The van der Waals surface area contributed by atoms with Gasteiger partial charge in [0.05, 0.1) is 6.61 Å².